The van der Waals surface area contributed by atoms with Crippen molar-refractivity contribution in [1.82, 2.24) is 4.98 Å². The zero-order chi connectivity index (χ0) is 18.4. The van der Waals surface area contributed by atoms with E-state index in [1.807, 2.05) is 20.8 Å². The van der Waals surface area contributed by atoms with Crippen LogP contribution in [0.2, 0.25) is 0 Å². The number of aryl methyl sites for hydroxylation is 2. The molecule has 1 heterocycles. The number of rotatable bonds is 7. The van der Waals surface area contributed by atoms with Crippen molar-refractivity contribution >= 4 is 22.8 Å². The minimum Gasteiger partial charge on any atom is -0.444 e. The van der Waals surface area contributed by atoms with E-state index in [-0.39, 0.29) is 0 Å². The Balaban J connectivity index is 2.39. The third-order valence-corrected chi connectivity index (χ3v) is 4.22. The van der Waals surface area contributed by atoms with E-state index in [1.165, 1.54) is 29.4 Å². The SMILES string of the molecule is CCCCc1cccc2[nH]c(NC(=O)OC(C)(C)C)c(CCCC)c12. The van der Waals surface area contributed by atoms with Gasteiger partial charge in [-0.15, -0.1) is 0 Å². The maximum Gasteiger partial charge on any atom is 0.413 e. The number of benzene rings is 1. The first-order valence-corrected chi connectivity index (χ1v) is 9.48. The van der Waals surface area contributed by atoms with Crippen molar-refractivity contribution in [1.29, 1.82) is 0 Å². The summed E-state index contributed by atoms with van der Waals surface area (Å²) in [6.07, 6.45) is 6.17. The highest BCUT2D eigenvalue weighted by Crippen LogP contribution is 2.32. The number of ether oxygens (including phenoxy) is 1. The molecule has 0 radical (unpaired) electrons. The van der Waals surface area contributed by atoms with Gasteiger partial charge < -0.3 is 9.72 Å². The summed E-state index contributed by atoms with van der Waals surface area (Å²) < 4.78 is 5.42. The van der Waals surface area contributed by atoms with Crippen molar-refractivity contribution in [2.75, 3.05) is 5.32 Å². The molecule has 0 saturated carbocycles. The van der Waals surface area contributed by atoms with Gasteiger partial charge in [0.05, 0.1) is 0 Å². The molecule has 0 aliphatic carbocycles. The van der Waals surface area contributed by atoms with Crippen LogP contribution in [0.1, 0.15) is 71.4 Å². The van der Waals surface area contributed by atoms with Crippen molar-refractivity contribution in [3.8, 4) is 0 Å². The van der Waals surface area contributed by atoms with Crippen molar-refractivity contribution in [3.63, 3.8) is 0 Å². The average molecular weight is 344 g/mol. The van der Waals surface area contributed by atoms with Gasteiger partial charge in [0, 0.05) is 16.5 Å². The molecule has 1 amide bonds. The predicted octanol–water partition coefficient (Wildman–Crippen LogP) is 6.20. The number of aromatic amines is 1. The summed E-state index contributed by atoms with van der Waals surface area (Å²) >= 11 is 0. The Kier molecular flexibility index (Phi) is 6.51. The lowest BCUT2D eigenvalue weighted by atomic mass is 9.98. The highest BCUT2D eigenvalue weighted by Gasteiger charge is 2.20. The molecule has 0 unspecified atom stereocenters. The number of hydrogen-bond donors (Lipinski definition) is 2. The van der Waals surface area contributed by atoms with Crippen molar-refractivity contribution in [3.05, 3.63) is 29.3 Å². The molecular formula is C21H32N2O2. The second-order valence-electron chi connectivity index (χ2n) is 7.65. The molecule has 0 atom stereocenters. The molecule has 2 aromatic rings. The van der Waals surface area contributed by atoms with Crippen LogP contribution in [0.5, 0.6) is 0 Å². The summed E-state index contributed by atoms with van der Waals surface area (Å²) in [4.78, 5) is 15.6. The fraction of sp³-hybridized carbons (Fsp3) is 0.571. The molecule has 0 aliphatic rings. The summed E-state index contributed by atoms with van der Waals surface area (Å²) in [5.41, 5.74) is 3.14. The second-order valence-corrected chi connectivity index (χ2v) is 7.65. The third-order valence-electron chi connectivity index (χ3n) is 4.22. The van der Waals surface area contributed by atoms with Gasteiger partial charge in [-0.05, 0) is 58.1 Å². The summed E-state index contributed by atoms with van der Waals surface area (Å²) in [5, 5.41) is 4.21. The van der Waals surface area contributed by atoms with Gasteiger partial charge in [0.2, 0.25) is 0 Å². The maximum atomic E-state index is 12.2. The molecule has 0 bridgehead atoms. The second kappa shape index (κ2) is 8.41. The smallest absolute Gasteiger partial charge is 0.413 e. The zero-order valence-electron chi connectivity index (χ0n) is 16.3. The molecule has 2 N–H and O–H groups in total. The van der Waals surface area contributed by atoms with Gasteiger partial charge >= 0.3 is 6.09 Å². The fourth-order valence-electron chi connectivity index (χ4n) is 3.09. The number of carbonyl (C=O) groups excluding carboxylic acids is 1. The number of unbranched alkanes of at least 4 members (excludes halogenated alkanes) is 2. The Labute approximate surface area is 151 Å². The molecular weight excluding hydrogens is 312 g/mol. The largest absolute Gasteiger partial charge is 0.444 e. The van der Waals surface area contributed by atoms with Gasteiger partial charge in [-0.1, -0.05) is 38.8 Å². The van der Waals surface area contributed by atoms with Crippen LogP contribution in [0.4, 0.5) is 10.6 Å². The van der Waals surface area contributed by atoms with E-state index in [0.717, 1.165) is 37.0 Å². The summed E-state index contributed by atoms with van der Waals surface area (Å²) in [7, 11) is 0. The standard InChI is InChI=1S/C21H32N2O2/c1-6-8-11-15-12-10-14-17-18(15)16(13-9-7-2)19(22-17)23-20(24)25-21(3,4)5/h10,12,14,22H,6-9,11,13H2,1-5H3,(H,23,24). The Morgan fingerprint density at radius 2 is 1.80 bits per heavy atom. The first-order chi connectivity index (χ1) is 11.9. The lowest BCUT2D eigenvalue weighted by molar-refractivity contribution is 0.0635. The first kappa shape index (κ1) is 19.4. The average Bonchev–Trinajstić information content (AvgIpc) is 2.86. The molecule has 0 fully saturated rings. The number of H-pyrrole nitrogens is 1. The number of aromatic nitrogens is 1. The number of fused-ring (bicyclic) bond motifs is 1. The zero-order valence-corrected chi connectivity index (χ0v) is 16.3. The molecule has 0 aliphatic heterocycles. The normalized spacial score (nSPS) is 11.7. The number of anilines is 1. The monoisotopic (exact) mass is 344 g/mol. The van der Waals surface area contributed by atoms with Crippen molar-refractivity contribution in [2.24, 2.45) is 0 Å². The van der Waals surface area contributed by atoms with E-state index in [2.05, 4.69) is 42.3 Å². The Bertz CT molecular complexity index is 710. The molecule has 2 rings (SSSR count). The van der Waals surface area contributed by atoms with Crippen LogP contribution in [0, 0.1) is 0 Å². The predicted molar refractivity (Wildman–Crippen MR) is 105 cm³/mol. The molecule has 4 nitrogen and oxygen atoms in total. The molecule has 25 heavy (non-hydrogen) atoms. The van der Waals surface area contributed by atoms with Crippen LogP contribution < -0.4 is 5.32 Å². The Hall–Kier alpha value is -1.97. The fourth-order valence-corrected chi connectivity index (χ4v) is 3.09. The Morgan fingerprint density at radius 3 is 2.44 bits per heavy atom. The van der Waals surface area contributed by atoms with Crippen LogP contribution in [0.25, 0.3) is 10.9 Å². The topological polar surface area (TPSA) is 54.1 Å². The molecule has 1 aromatic carbocycles. The van der Waals surface area contributed by atoms with E-state index in [9.17, 15) is 4.79 Å². The van der Waals surface area contributed by atoms with Crippen LogP contribution in [-0.2, 0) is 17.6 Å². The van der Waals surface area contributed by atoms with Crippen molar-refractivity contribution in [2.45, 2.75) is 78.7 Å². The first-order valence-electron chi connectivity index (χ1n) is 9.48. The number of carbonyl (C=O) groups is 1. The Morgan fingerprint density at radius 1 is 1.12 bits per heavy atom. The summed E-state index contributed by atoms with van der Waals surface area (Å²) in [5.74, 6) is 0.779. The molecule has 138 valence electrons. The number of nitrogens with one attached hydrogen (secondary N) is 2. The molecule has 1 aromatic heterocycles. The van der Waals surface area contributed by atoms with Crippen LogP contribution >= 0.6 is 0 Å². The lowest BCUT2D eigenvalue weighted by Crippen LogP contribution is -2.27. The number of amides is 1. The van der Waals surface area contributed by atoms with Crippen LogP contribution in [-0.4, -0.2) is 16.7 Å². The van der Waals surface area contributed by atoms with E-state index in [4.69, 9.17) is 4.74 Å². The maximum absolute atomic E-state index is 12.2. The molecule has 0 saturated heterocycles. The highest BCUT2D eigenvalue weighted by atomic mass is 16.6. The van der Waals surface area contributed by atoms with E-state index in [0.29, 0.717) is 0 Å². The number of hydrogen-bond acceptors (Lipinski definition) is 2. The van der Waals surface area contributed by atoms with Crippen LogP contribution in [0.3, 0.4) is 0 Å². The van der Waals surface area contributed by atoms with Gasteiger partial charge in [-0.2, -0.15) is 0 Å². The highest BCUT2D eigenvalue weighted by molar-refractivity contribution is 5.96. The summed E-state index contributed by atoms with van der Waals surface area (Å²) in [6.45, 7) is 10.0. The minimum atomic E-state index is -0.508. The van der Waals surface area contributed by atoms with Crippen molar-refractivity contribution < 1.29 is 9.53 Å². The van der Waals surface area contributed by atoms with Gasteiger partial charge in [0.15, 0.2) is 0 Å². The van der Waals surface area contributed by atoms with E-state index < -0.39 is 11.7 Å². The minimum absolute atomic E-state index is 0.410. The third kappa shape index (κ3) is 5.25. The quantitative estimate of drug-likeness (QED) is 0.628. The van der Waals surface area contributed by atoms with E-state index in [1.54, 1.807) is 0 Å². The van der Waals surface area contributed by atoms with E-state index >= 15 is 0 Å². The summed E-state index contributed by atoms with van der Waals surface area (Å²) in [6, 6.07) is 6.38. The lowest BCUT2D eigenvalue weighted by Gasteiger charge is -2.19. The van der Waals surface area contributed by atoms with Crippen LogP contribution in [0.15, 0.2) is 18.2 Å². The van der Waals surface area contributed by atoms with Gasteiger partial charge in [0.25, 0.3) is 0 Å². The van der Waals surface area contributed by atoms with Gasteiger partial charge in [0.1, 0.15) is 11.4 Å². The molecule has 0 spiro atoms. The van der Waals surface area contributed by atoms with Gasteiger partial charge in [-0.3, -0.25) is 5.32 Å². The van der Waals surface area contributed by atoms with Gasteiger partial charge in [-0.25, -0.2) is 4.79 Å². The molecule has 4 heteroatoms.